The average Bonchev–Trinajstić information content (AvgIpc) is 2.36. The van der Waals surface area contributed by atoms with Crippen LogP contribution >= 0.6 is 11.8 Å². The van der Waals surface area contributed by atoms with Crippen LogP contribution in [-0.2, 0) is 14.6 Å². The molecule has 0 aromatic rings. The van der Waals surface area contributed by atoms with Crippen LogP contribution in [0.3, 0.4) is 0 Å². The first-order valence-corrected chi connectivity index (χ1v) is 8.23. The normalized spacial score (nSPS) is 21.3. The molecule has 1 fully saturated rings. The Hall–Kier alpha value is -0.470. The van der Waals surface area contributed by atoms with Gasteiger partial charge in [0.05, 0.1) is 6.61 Å². The van der Waals surface area contributed by atoms with E-state index in [1.165, 1.54) is 16.7 Å². The number of hydrogen-bond acceptors (Lipinski definition) is 6. The zero-order chi connectivity index (χ0) is 12.9. The van der Waals surface area contributed by atoms with Gasteiger partial charge in [-0.05, 0) is 0 Å². The number of rotatable bonds is 4. The van der Waals surface area contributed by atoms with E-state index in [2.05, 4.69) is 0 Å². The molecule has 1 heterocycles. The summed E-state index contributed by atoms with van der Waals surface area (Å²) in [5, 5.41) is 7.76. The standard InChI is InChI=1S/C9H17NO5S2/c1-2-17(13,14)8-7-16-6-3-10(8)9(12)15-5-4-11/h8,11H,2-7H2,1H3. The number of aliphatic hydroxyl groups excluding tert-OH is 1. The summed E-state index contributed by atoms with van der Waals surface area (Å²) >= 11 is 1.51. The first-order chi connectivity index (χ1) is 8.03. The number of carbonyl (C=O) groups excluding carboxylic acids is 1. The monoisotopic (exact) mass is 283 g/mol. The highest BCUT2D eigenvalue weighted by molar-refractivity contribution is 8.01. The summed E-state index contributed by atoms with van der Waals surface area (Å²) in [5.41, 5.74) is 0. The van der Waals surface area contributed by atoms with E-state index < -0.39 is 21.3 Å². The second kappa shape index (κ2) is 6.46. The molecule has 17 heavy (non-hydrogen) atoms. The molecule has 6 nitrogen and oxygen atoms in total. The van der Waals surface area contributed by atoms with Gasteiger partial charge in [-0.1, -0.05) is 6.92 Å². The third-order valence-corrected chi connectivity index (χ3v) is 5.74. The highest BCUT2D eigenvalue weighted by Crippen LogP contribution is 2.22. The predicted molar refractivity (Wildman–Crippen MR) is 65.7 cm³/mol. The van der Waals surface area contributed by atoms with Crippen molar-refractivity contribution in [3.05, 3.63) is 0 Å². The van der Waals surface area contributed by atoms with Crippen molar-refractivity contribution in [2.75, 3.05) is 37.0 Å². The van der Waals surface area contributed by atoms with Crippen LogP contribution in [0.1, 0.15) is 6.92 Å². The van der Waals surface area contributed by atoms with Gasteiger partial charge in [-0.25, -0.2) is 13.2 Å². The van der Waals surface area contributed by atoms with Crippen LogP contribution < -0.4 is 0 Å². The Morgan fingerprint density at radius 3 is 2.88 bits per heavy atom. The molecular formula is C9H17NO5S2. The molecule has 1 saturated heterocycles. The molecule has 0 saturated carbocycles. The lowest BCUT2D eigenvalue weighted by molar-refractivity contribution is 0.0831. The lowest BCUT2D eigenvalue weighted by atomic mass is 10.5. The first-order valence-electron chi connectivity index (χ1n) is 5.36. The Labute approximate surface area is 105 Å². The Morgan fingerprint density at radius 1 is 1.59 bits per heavy atom. The van der Waals surface area contributed by atoms with Crippen LogP contribution in [0.5, 0.6) is 0 Å². The zero-order valence-corrected chi connectivity index (χ0v) is 11.3. The first kappa shape index (κ1) is 14.6. The lowest BCUT2D eigenvalue weighted by Crippen LogP contribution is -2.51. The van der Waals surface area contributed by atoms with E-state index in [9.17, 15) is 13.2 Å². The fraction of sp³-hybridized carbons (Fsp3) is 0.889. The van der Waals surface area contributed by atoms with Crippen LogP contribution in [0.15, 0.2) is 0 Å². The number of thioether (sulfide) groups is 1. The van der Waals surface area contributed by atoms with Gasteiger partial charge in [-0.3, -0.25) is 4.90 Å². The van der Waals surface area contributed by atoms with Gasteiger partial charge in [-0.15, -0.1) is 0 Å². The average molecular weight is 283 g/mol. The molecule has 1 aliphatic heterocycles. The molecular weight excluding hydrogens is 266 g/mol. The van der Waals surface area contributed by atoms with E-state index in [1.54, 1.807) is 6.92 Å². The third-order valence-electron chi connectivity index (χ3n) is 2.45. The molecule has 0 spiro atoms. The maximum atomic E-state index is 11.8. The van der Waals surface area contributed by atoms with Gasteiger partial charge in [0.25, 0.3) is 0 Å². The molecule has 1 rings (SSSR count). The highest BCUT2D eigenvalue weighted by Gasteiger charge is 2.36. The molecule has 1 unspecified atom stereocenters. The number of aliphatic hydroxyl groups is 1. The Balaban J connectivity index is 2.76. The number of ether oxygens (including phenoxy) is 1. The van der Waals surface area contributed by atoms with E-state index in [1.807, 2.05) is 0 Å². The van der Waals surface area contributed by atoms with Crippen molar-refractivity contribution in [3.8, 4) is 0 Å². The summed E-state index contributed by atoms with van der Waals surface area (Å²) in [7, 11) is -3.30. The van der Waals surface area contributed by atoms with Gasteiger partial charge in [0.2, 0.25) is 0 Å². The summed E-state index contributed by atoms with van der Waals surface area (Å²) in [6, 6.07) is 0. The molecule has 0 aromatic carbocycles. The number of amides is 1. The second-order valence-electron chi connectivity index (χ2n) is 3.51. The Kier molecular flexibility index (Phi) is 5.54. The second-order valence-corrected chi connectivity index (χ2v) is 7.11. The topological polar surface area (TPSA) is 83.9 Å². The molecule has 1 atom stereocenters. The van der Waals surface area contributed by atoms with Gasteiger partial charge in [-0.2, -0.15) is 11.8 Å². The number of carbonyl (C=O) groups is 1. The minimum atomic E-state index is -3.30. The molecule has 1 N–H and O–H groups in total. The summed E-state index contributed by atoms with van der Waals surface area (Å²) in [6.07, 6.45) is -0.665. The minimum Gasteiger partial charge on any atom is -0.447 e. The van der Waals surface area contributed by atoms with E-state index in [0.717, 1.165) is 0 Å². The molecule has 1 aliphatic rings. The molecule has 8 heteroatoms. The maximum absolute atomic E-state index is 11.8. The lowest BCUT2D eigenvalue weighted by Gasteiger charge is -2.33. The van der Waals surface area contributed by atoms with Gasteiger partial charge >= 0.3 is 6.09 Å². The molecule has 0 radical (unpaired) electrons. The number of hydrogen-bond donors (Lipinski definition) is 1. The molecule has 0 aliphatic carbocycles. The smallest absolute Gasteiger partial charge is 0.410 e. The van der Waals surface area contributed by atoms with Crippen molar-refractivity contribution < 1.29 is 23.1 Å². The predicted octanol–water partition coefficient (Wildman–Crippen LogP) is -0.0751. The maximum Gasteiger partial charge on any atom is 0.410 e. The zero-order valence-electron chi connectivity index (χ0n) is 9.66. The van der Waals surface area contributed by atoms with Gasteiger partial charge in [0.15, 0.2) is 9.84 Å². The highest BCUT2D eigenvalue weighted by atomic mass is 32.2. The third kappa shape index (κ3) is 3.75. The van der Waals surface area contributed by atoms with Crippen LogP contribution in [0.2, 0.25) is 0 Å². The van der Waals surface area contributed by atoms with Crippen LogP contribution in [0.25, 0.3) is 0 Å². The summed E-state index contributed by atoms with van der Waals surface area (Å²) in [6.45, 7) is 1.55. The van der Waals surface area contributed by atoms with E-state index in [4.69, 9.17) is 9.84 Å². The molecule has 0 aromatic heterocycles. The summed E-state index contributed by atoms with van der Waals surface area (Å²) < 4.78 is 28.4. The van der Waals surface area contributed by atoms with Crippen molar-refractivity contribution in [2.45, 2.75) is 12.3 Å². The quantitative estimate of drug-likeness (QED) is 0.777. The minimum absolute atomic E-state index is 0.00199. The summed E-state index contributed by atoms with van der Waals surface area (Å²) in [5.74, 6) is 1.08. The largest absolute Gasteiger partial charge is 0.447 e. The Morgan fingerprint density at radius 2 is 2.29 bits per heavy atom. The van der Waals surface area contributed by atoms with Crippen LogP contribution in [0.4, 0.5) is 4.79 Å². The van der Waals surface area contributed by atoms with Crippen molar-refractivity contribution >= 4 is 27.7 Å². The molecule has 100 valence electrons. The summed E-state index contributed by atoms with van der Waals surface area (Å²) in [4.78, 5) is 12.9. The van der Waals surface area contributed by atoms with Gasteiger partial charge in [0, 0.05) is 23.8 Å². The number of sulfone groups is 1. The SMILES string of the molecule is CCS(=O)(=O)C1CSCCN1C(=O)OCCO. The molecule has 0 bridgehead atoms. The van der Waals surface area contributed by atoms with Crippen molar-refractivity contribution in [2.24, 2.45) is 0 Å². The van der Waals surface area contributed by atoms with Crippen molar-refractivity contribution in [1.29, 1.82) is 0 Å². The fourth-order valence-electron chi connectivity index (χ4n) is 1.50. The fourth-order valence-corrected chi connectivity index (χ4v) is 4.45. The van der Waals surface area contributed by atoms with Gasteiger partial charge in [0.1, 0.15) is 12.0 Å². The van der Waals surface area contributed by atoms with E-state index in [-0.39, 0.29) is 19.0 Å². The van der Waals surface area contributed by atoms with Crippen LogP contribution in [-0.4, -0.2) is 66.9 Å². The van der Waals surface area contributed by atoms with Crippen molar-refractivity contribution in [1.82, 2.24) is 4.90 Å². The molecule has 1 amide bonds. The van der Waals surface area contributed by atoms with Gasteiger partial charge < -0.3 is 9.84 Å². The Bertz CT molecular complexity index is 356. The van der Waals surface area contributed by atoms with E-state index >= 15 is 0 Å². The number of nitrogens with zero attached hydrogens (tertiary/aromatic N) is 1. The van der Waals surface area contributed by atoms with E-state index in [0.29, 0.717) is 18.1 Å². The van der Waals surface area contributed by atoms with Crippen LogP contribution in [0, 0.1) is 0 Å². The van der Waals surface area contributed by atoms with Crippen molar-refractivity contribution in [3.63, 3.8) is 0 Å².